The fraction of sp³-hybridized carbons (Fsp3) is 0.571. The molecule has 104 valence electrons. The number of aromatic nitrogens is 1. The summed E-state index contributed by atoms with van der Waals surface area (Å²) in [5.41, 5.74) is -0.218. The van der Waals surface area contributed by atoms with Crippen molar-refractivity contribution in [2.24, 2.45) is 0 Å². The van der Waals surface area contributed by atoms with Crippen molar-refractivity contribution in [2.75, 3.05) is 19.7 Å². The van der Waals surface area contributed by atoms with Gasteiger partial charge < -0.3 is 14.7 Å². The maximum atomic E-state index is 12.0. The number of hydrogen-bond acceptors (Lipinski definition) is 4. The summed E-state index contributed by atoms with van der Waals surface area (Å²) in [6, 6.07) is 3.42. The number of amides is 1. The third-order valence-electron chi connectivity index (χ3n) is 3.08. The molecule has 0 unspecified atom stereocenters. The molecular formula is C14H20N2O3. The lowest BCUT2D eigenvalue weighted by atomic mass is 9.96. The average Bonchev–Trinajstić information content (AvgIpc) is 2.36. The zero-order valence-electron chi connectivity index (χ0n) is 11.4. The predicted molar refractivity (Wildman–Crippen MR) is 71.2 cm³/mol. The Morgan fingerprint density at radius 3 is 2.79 bits per heavy atom. The molecule has 1 aromatic rings. The molecule has 1 aliphatic rings. The second kappa shape index (κ2) is 5.57. The molecule has 1 aliphatic heterocycles. The SMILES string of the molecule is CCCCOc1ccc(C(=O)N2CC(C)(O)C2)cn1. The van der Waals surface area contributed by atoms with Gasteiger partial charge in [-0.15, -0.1) is 0 Å². The minimum absolute atomic E-state index is 0.0980. The Morgan fingerprint density at radius 1 is 1.53 bits per heavy atom. The fourth-order valence-corrected chi connectivity index (χ4v) is 2.02. The number of rotatable bonds is 5. The van der Waals surface area contributed by atoms with Crippen LogP contribution in [0.25, 0.3) is 0 Å². The van der Waals surface area contributed by atoms with Gasteiger partial charge in [-0.3, -0.25) is 4.79 Å². The maximum Gasteiger partial charge on any atom is 0.255 e. The van der Waals surface area contributed by atoms with Crippen LogP contribution in [-0.2, 0) is 0 Å². The maximum absolute atomic E-state index is 12.0. The summed E-state index contributed by atoms with van der Waals surface area (Å²) in [5, 5.41) is 9.61. The van der Waals surface area contributed by atoms with E-state index in [1.54, 1.807) is 24.0 Å². The van der Waals surface area contributed by atoms with Crippen LogP contribution >= 0.6 is 0 Å². The first kappa shape index (κ1) is 13.8. The molecule has 0 aliphatic carbocycles. The molecule has 0 spiro atoms. The summed E-state index contributed by atoms with van der Waals surface area (Å²) in [6.07, 6.45) is 3.59. The number of nitrogens with zero attached hydrogens (tertiary/aromatic N) is 2. The second-order valence-corrected chi connectivity index (χ2v) is 5.25. The van der Waals surface area contributed by atoms with Crippen LogP contribution in [0.2, 0.25) is 0 Å². The summed E-state index contributed by atoms with van der Waals surface area (Å²) in [7, 11) is 0. The highest BCUT2D eigenvalue weighted by Crippen LogP contribution is 2.22. The highest BCUT2D eigenvalue weighted by Gasteiger charge is 2.39. The standard InChI is InChI=1S/C14H20N2O3/c1-3-4-7-19-12-6-5-11(8-15-12)13(17)16-9-14(2,18)10-16/h5-6,8,18H,3-4,7,9-10H2,1-2H3. The molecule has 0 saturated carbocycles. The highest BCUT2D eigenvalue weighted by molar-refractivity contribution is 5.94. The van der Waals surface area contributed by atoms with Gasteiger partial charge in [0.25, 0.3) is 5.91 Å². The van der Waals surface area contributed by atoms with Gasteiger partial charge in [-0.25, -0.2) is 4.98 Å². The number of carbonyl (C=O) groups excluding carboxylic acids is 1. The van der Waals surface area contributed by atoms with E-state index in [9.17, 15) is 9.90 Å². The number of likely N-dealkylation sites (tertiary alicyclic amines) is 1. The number of carbonyl (C=O) groups is 1. The molecule has 1 fully saturated rings. The number of hydrogen-bond donors (Lipinski definition) is 1. The van der Waals surface area contributed by atoms with Crippen LogP contribution in [0.1, 0.15) is 37.0 Å². The van der Waals surface area contributed by atoms with Crippen LogP contribution in [0.5, 0.6) is 5.88 Å². The summed E-state index contributed by atoms with van der Waals surface area (Å²) in [6.45, 7) is 5.22. The van der Waals surface area contributed by atoms with Gasteiger partial charge in [-0.1, -0.05) is 13.3 Å². The lowest BCUT2D eigenvalue weighted by molar-refractivity contribution is -0.0668. The van der Waals surface area contributed by atoms with Crippen molar-refractivity contribution in [1.82, 2.24) is 9.88 Å². The minimum Gasteiger partial charge on any atom is -0.478 e. The van der Waals surface area contributed by atoms with Gasteiger partial charge in [0.15, 0.2) is 0 Å². The zero-order valence-corrected chi connectivity index (χ0v) is 11.4. The molecule has 0 aromatic carbocycles. The molecule has 1 aromatic heterocycles. The average molecular weight is 264 g/mol. The van der Waals surface area contributed by atoms with Gasteiger partial charge in [0, 0.05) is 12.3 Å². The van der Waals surface area contributed by atoms with Crippen molar-refractivity contribution in [3.63, 3.8) is 0 Å². The molecule has 0 bridgehead atoms. The summed E-state index contributed by atoms with van der Waals surface area (Å²) in [4.78, 5) is 17.7. The lowest BCUT2D eigenvalue weighted by Gasteiger charge is -2.44. The van der Waals surface area contributed by atoms with E-state index in [1.807, 2.05) is 0 Å². The highest BCUT2D eigenvalue weighted by atomic mass is 16.5. The van der Waals surface area contributed by atoms with E-state index in [0.29, 0.717) is 31.1 Å². The van der Waals surface area contributed by atoms with E-state index in [0.717, 1.165) is 12.8 Å². The molecule has 2 heterocycles. The molecular weight excluding hydrogens is 244 g/mol. The Labute approximate surface area is 113 Å². The lowest BCUT2D eigenvalue weighted by Crippen LogP contribution is -2.61. The van der Waals surface area contributed by atoms with Gasteiger partial charge in [-0.05, 0) is 19.4 Å². The van der Waals surface area contributed by atoms with Gasteiger partial charge in [0.2, 0.25) is 5.88 Å². The zero-order chi connectivity index (χ0) is 13.9. The number of pyridine rings is 1. The number of β-amino-alcohol motifs (C(OH)–C–C–N with tert-alkyl or cyclic N) is 1. The third kappa shape index (κ3) is 3.44. The monoisotopic (exact) mass is 264 g/mol. The predicted octanol–water partition coefficient (Wildman–Crippen LogP) is 1.47. The number of aliphatic hydroxyl groups is 1. The normalized spacial score (nSPS) is 16.9. The molecule has 5 nitrogen and oxygen atoms in total. The Bertz CT molecular complexity index is 435. The first-order valence-electron chi connectivity index (χ1n) is 6.62. The topological polar surface area (TPSA) is 62.7 Å². The van der Waals surface area contributed by atoms with Crippen molar-refractivity contribution in [1.29, 1.82) is 0 Å². The molecule has 2 rings (SSSR count). The van der Waals surface area contributed by atoms with Crippen molar-refractivity contribution in [3.05, 3.63) is 23.9 Å². The van der Waals surface area contributed by atoms with Gasteiger partial charge in [-0.2, -0.15) is 0 Å². The molecule has 1 amide bonds. The molecule has 1 N–H and O–H groups in total. The van der Waals surface area contributed by atoms with Crippen LogP contribution in [-0.4, -0.2) is 46.2 Å². The molecule has 5 heteroatoms. The minimum atomic E-state index is -0.744. The molecule has 1 saturated heterocycles. The third-order valence-corrected chi connectivity index (χ3v) is 3.08. The molecule has 0 atom stereocenters. The van der Waals surface area contributed by atoms with Crippen molar-refractivity contribution >= 4 is 5.91 Å². The molecule has 0 radical (unpaired) electrons. The van der Waals surface area contributed by atoms with Crippen LogP contribution in [0, 0.1) is 0 Å². The largest absolute Gasteiger partial charge is 0.478 e. The van der Waals surface area contributed by atoms with E-state index in [-0.39, 0.29) is 5.91 Å². The van der Waals surface area contributed by atoms with Gasteiger partial charge >= 0.3 is 0 Å². The quantitative estimate of drug-likeness (QED) is 0.818. The van der Waals surface area contributed by atoms with Crippen molar-refractivity contribution in [3.8, 4) is 5.88 Å². The van der Waals surface area contributed by atoms with Crippen LogP contribution in [0.4, 0.5) is 0 Å². The molecule has 19 heavy (non-hydrogen) atoms. The van der Waals surface area contributed by atoms with E-state index < -0.39 is 5.60 Å². The number of ether oxygens (including phenoxy) is 1. The Hall–Kier alpha value is -1.62. The van der Waals surface area contributed by atoms with Gasteiger partial charge in [0.05, 0.1) is 30.9 Å². The van der Waals surface area contributed by atoms with E-state index in [2.05, 4.69) is 11.9 Å². The first-order chi connectivity index (χ1) is 9.02. The number of unbranched alkanes of at least 4 members (excludes halogenated alkanes) is 1. The van der Waals surface area contributed by atoms with Crippen LogP contribution < -0.4 is 4.74 Å². The van der Waals surface area contributed by atoms with E-state index >= 15 is 0 Å². The first-order valence-corrected chi connectivity index (χ1v) is 6.62. The Balaban J connectivity index is 1.89. The van der Waals surface area contributed by atoms with Crippen LogP contribution in [0.15, 0.2) is 18.3 Å². The summed E-state index contributed by atoms with van der Waals surface area (Å²) >= 11 is 0. The summed E-state index contributed by atoms with van der Waals surface area (Å²) < 4.78 is 5.44. The van der Waals surface area contributed by atoms with Crippen molar-refractivity contribution in [2.45, 2.75) is 32.3 Å². The second-order valence-electron chi connectivity index (χ2n) is 5.25. The smallest absolute Gasteiger partial charge is 0.255 e. The summed E-state index contributed by atoms with van der Waals surface area (Å²) in [5.74, 6) is 0.444. The van der Waals surface area contributed by atoms with E-state index in [1.165, 1.54) is 6.20 Å². The van der Waals surface area contributed by atoms with E-state index in [4.69, 9.17) is 4.74 Å². The van der Waals surface area contributed by atoms with Crippen molar-refractivity contribution < 1.29 is 14.6 Å². The fourth-order valence-electron chi connectivity index (χ4n) is 2.02. The van der Waals surface area contributed by atoms with Gasteiger partial charge in [0.1, 0.15) is 0 Å². The Morgan fingerprint density at radius 2 is 2.26 bits per heavy atom. The Kier molecular flexibility index (Phi) is 4.04. The van der Waals surface area contributed by atoms with Crippen LogP contribution in [0.3, 0.4) is 0 Å².